The zero-order chi connectivity index (χ0) is 26.7. The first-order valence-electron chi connectivity index (χ1n) is 11.9. The van der Waals surface area contributed by atoms with E-state index < -0.39 is 0 Å². The van der Waals surface area contributed by atoms with Crippen molar-refractivity contribution in [1.82, 2.24) is 24.0 Å². The van der Waals surface area contributed by atoms with Gasteiger partial charge in [-0.2, -0.15) is 4.98 Å². The van der Waals surface area contributed by atoms with Crippen LogP contribution in [0.4, 0.5) is 23.0 Å². The number of amides is 1. The molecule has 0 atom stereocenters. The molecule has 10 heteroatoms. The van der Waals surface area contributed by atoms with E-state index in [1.807, 2.05) is 64.5 Å². The number of hydrogen-bond acceptors (Lipinski definition) is 7. The molecule has 0 aliphatic rings. The van der Waals surface area contributed by atoms with Crippen LogP contribution in [0.15, 0.2) is 66.1 Å². The van der Waals surface area contributed by atoms with Crippen molar-refractivity contribution in [3.05, 3.63) is 77.4 Å². The molecule has 37 heavy (non-hydrogen) atoms. The average Bonchev–Trinajstić information content (AvgIpc) is 3.14. The lowest BCUT2D eigenvalue weighted by Gasteiger charge is -2.25. The Morgan fingerprint density at radius 2 is 1.81 bits per heavy atom. The molecule has 0 fully saturated rings. The molecule has 0 bridgehead atoms. The number of hydrogen-bond donors (Lipinski definition) is 2. The van der Waals surface area contributed by atoms with Crippen molar-refractivity contribution >= 4 is 40.0 Å². The molecule has 2 heterocycles. The largest absolute Gasteiger partial charge is 0.372 e. The molecular formula is C27H32N8O2. The minimum Gasteiger partial charge on any atom is -0.372 e. The van der Waals surface area contributed by atoms with Crippen LogP contribution in [0.2, 0.25) is 0 Å². The van der Waals surface area contributed by atoms with Crippen LogP contribution in [0.5, 0.6) is 0 Å². The number of nitrogens with one attached hydrogen (secondary N) is 2. The Kier molecular flexibility index (Phi) is 7.40. The lowest BCUT2D eigenvalue weighted by Crippen LogP contribution is -2.29. The van der Waals surface area contributed by atoms with Crippen LogP contribution in [0.25, 0.3) is 16.9 Å². The van der Waals surface area contributed by atoms with Gasteiger partial charge in [0.15, 0.2) is 0 Å². The van der Waals surface area contributed by atoms with E-state index in [4.69, 9.17) is 0 Å². The van der Waals surface area contributed by atoms with Gasteiger partial charge in [-0.1, -0.05) is 18.7 Å². The predicted molar refractivity (Wildman–Crippen MR) is 149 cm³/mol. The van der Waals surface area contributed by atoms with Crippen molar-refractivity contribution in [2.45, 2.75) is 6.92 Å². The molecule has 4 rings (SSSR count). The van der Waals surface area contributed by atoms with Crippen LogP contribution in [0.1, 0.15) is 5.56 Å². The fraction of sp³-hybridized carbons (Fsp3) is 0.259. The van der Waals surface area contributed by atoms with Gasteiger partial charge in [-0.05, 0) is 56.9 Å². The van der Waals surface area contributed by atoms with E-state index in [-0.39, 0.29) is 11.6 Å². The molecule has 2 N–H and O–H groups in total. The Morgan fingerprint density at radius 1 is 1.08 bits per heavy atom. The maximum absolute atomic E-state index is 13.0. The second-order valence-electron chi connectivity index (χ2n) is 9.13. The van der Waals surface area contributed by atoms with Gasteiger partial charge in [0.1, 0.15) is 5.82 Å². The smallest absolute Gasteiger partial charge is 0.334 e. The second kappa shape index (κ2) is 10.7. The maximum atomic E-state index is 13.0. The van der Waals surface area contributed by atoms with Crippen LogP contribution in [-0.4, -0.2) is 64.1 Å². The quantitative estimate of drug-likeness (QED) is 0.340. The fourth-order valence-electron chi connectivity index (χ4n) is 4.07. The third-order valence-corrected chi connectivity index (χ3v) is 6.16. The number of likely N-dealkylation sites (N-methyl/N-ethyl adjacent to an activating group) is 2. The summed E-state index contributed by atoms with van der Waals surface area (Å²) >= 11 is 0. The zero-order valence-electron chi connectivity index (χ0n) is 21.8. The first kappa shape index (κ1) is 25.6. The molecule has 4 aromatic rings. The summed E-state index contributed by atoms with van der Waals surface area (Å²) in [6.45, 7) is 7.18. The number of imidazole rings is 1. The van der Waals surface area contributed by atoms with E-state index in [1.54, 1.807) is 28.4 Å². The number of carbonyl (C=O) groups excluding carboxylic acids is 1. The molecule has 0 radical (unpaired) electrons. The number of nitrogens with zero attached hydrogens (tertiary/aromatic N) is 6. The summed E-state index contributed by atoms with van der Waals surface area (Å²) in [5.74, 6) is 0.484. The molecule has 2 aromatic carbocycles. The summed E-state index contributed by atoms with van der Waals surface area (Å²) in [5, 5.41) is 6.16. The van der Waals surface area contributed by atoms with Gasteiger partial charge < -0.3 is 20.4 Å². The number of anilines is 4. The van der Waals surface area contributed by atoms with Gasteiger partial charge in [-0.15, -0.1) is 0 Å². The number of fused-ring (bicyclic) bond motifs is 1. The van der Waals surface area contributed by atoms with Crippen LogP contribution in [0, 0.1) is 6.92 Å². The van der Waals surface area contributed by atoms with Gasteiger partial charge in [0.25, 0.3) is 0 Å². The number of para-hydroxylation sites is 2. The lowest BCUT2D eigenvalue weighted by atomic mass is 10.1. The van der Waals surface area contributed by atoms with E-state index >= 15 is 0 Å². The van der Waals surface area contributed by atoms with Gasteiger partial charge in [0.2, 0.25) is 11.9 Å². The van der Waals surface area contributed by atoms with Crippen LogP contribution in [-0.2, 0) is 11.8 Å². The number of aromatic nitrogens is 4. The summed E-state index contributed by atoms with van der Waals surface area (Å²) in [6, 6.07) is 13.1. The van der Waals surface area contributed by atoms with Crippen molar-refractivity contribution in [1.29, 1.82) is 0 Å². The molecule has 10 nitrogen and oxygen atoms in total. The topological polar surface area (TPSA) is 100 Å². The Hall–Kier alpha value is -4.44. The van der Waals surface area contributed by atoms with Crippen LogP contribution < -0.4 is 21.2 Å². The maximum Gasteiger partial charge on any atom is 0.334 e. The highest BCUT2D eigenvalue weighted by atomic mass is 16.2. The van der Waals surface area contributed by atoms with Gasteiger partial charge in [0.05, 0.1) is 22.4 Å². The van der Waals surface area contributed by atoms with Gasteiger partial charge in [0, 0.05) is 45.1 Å². The van der Waals surface area contributed by atoms with Crippen LogP contribution in [0.3, 0.4) is 0 Å². The fourth-order valence-corrected chi connectivity index (χ4v) is 4.07. The summed E-state index contributed by atoms with van der Waals surface area (Å²) < 4.78 is 3.16. The monoisotopic (exact) mass is 500 g/mol. The molecule has 0 spiro atoms. The lowest BCUT2D eigenvalue weighted by molar-refractivity contribution is -0.111. The third-order valence-electron chi connectivity index (χ3n) is 6.16. The number of aryl methyl sites for hydroxylation is 2. The van der Waals surface area contributed by atoms with Crippen molar-refractivity contribution in [3.63, 3.8) is 0 Å². The summed E-state index contributed by atoms with van der Waals surface area (Å²) in [7, 11) is 7.77. The number of rotatable bonds is 9. The molecule has 0 unspecified atom stereocenters. The van der Waals surface area contributed by atoms with Crippen molar-refractivity contribution in [3.8, 4) is 5.82 Å². The minimum absolute atomic E-state index is 0.193. The van der Waals surface area contributed by atoms with Crippen molar-refractivity contribution < 1.29 is 4.79 Å². The van der Waals surface area contributed by atoms with E-state index in [0.29, 0.717) is 17.5 Å². The summed E-state index contributed by atoms with van der Waals surface area (Å²) in [4.78, 5) is 38.4. The van der Waals surface area contributed by atoms with Crippen molar-refractivity contribution in [2.75, 3.05) is 49.8 Å². The standard InChI is InChI=1S/C27H32N8O2/c1-7-25(36)29-20-17-19(18(2)16-23(20)33(5)15-14-32(3)4)30-26-28-13-12-24(31-26)35-22-11-9-8-10-21(22)34(6)27(35)37/h7-13,16-17H,1,14-15H2,2-6H3,(H,29,36)(H,28,30,31). The van der Waals surface area contributed by atoms with Crippen LogP contribution >= 0.6 is 0 Å². The summed E-state index contributed by atoms with van der Waals surface area (Å²) in [5.41, 5.74) is 4.58. The first-order valence-corrected chi connectivity index (χ1v) is 11.9. The molecule has 0 aliphatic heterocycles. The van der Waals surface area contributed by atoms with E-state index in [0.717, 1.165) is 41.1 Å². The average molecular weight is 501 g/mol. The molecule has 0 saturated heterocycles. The Morgan fingerprint density at radius 3 is 2.51 bits per heavy atom. The molecule has 2 aromatic heterocycles. The van der Waals surface area contributed by atoms with Gasteiger partial charge in [-0.3, -0.25) is 9.36 Å². The van der Waals surface area contributed by atoms with Gasteiger partial charge in [-0.25, -0.2) is 14.3 Å². The van der Waals surface area contributed by atoms with Crippen molar-refractivity contribution in [2.24, 2.45) is 7.05 Å². The SMILES string of the molecule is C=CC(=O)Nc1cc(Nc2nccc(-n3c(=O)n(C)c4ccccc43)n2)c(C)cc1N(C)CCN(C)C. The molecule has 0 saturated carbocycles. The van der Waals surface area contributed by atoms with E-state index in [9.17, 15) is 9.59 Å². The second-order valence-corrected chi connectivity index (χ2v) is 9.13. The zero-order valence-corrected chi connectivity index (χ0v) is 21.8. The normalized spacial score (nSPS) is 11.1. The minimum atomic E-state index is -0.300. The van der Waals surface area contributed by atoms with E-state index in [1.165, 1.54) is 6.08 Å². The highest BCUT2D eigenvalue weighted by Crippen LogP contribution is 2.33. The number of carbonyl (C=O) groups is 1. The molecule has 1 amide bonds. The summed E-state index contributed by atoms with van der Waals surface area (Å²) in [6.07, 6.45) is 2.85. The Labute approximate surface area is 215 Å². The van der Waals surface area contributed by atoms with Gasteiger partial charge >= 0.3 is 5.69 Å². The predicted octanol–water partition coefficient (Wildman–Crippen LogP) is 3.29. The highest BCUT2D eigenvalue weighted by molar-refractivity contribution is 6.02. The molecule has 0 aliphatic carbocycles. The Balaban J connectivity index is 1.71. The van der Waals surface area contributed by atoms with E-state index in [2.05, 4.69) is 37.0 Å². The Bertz CT molecular complexity index is 1520. The number of benzene rings is 2. The molecule has 192 valence electrons. The third kappa shape index (κ3) is 5.39. The molecular weight excluding hydrogens is 468 g/mol. The first-order chi connectivity index (χ1) is 17.7. The highest BCUT2D eigenvalue weighted by Gasteiger charge is 2.16.